The summed E-state index contributed by atoms with van der Waals surface area (Å²) in [4.78, 5) is 25.3. The van der Waals surface area contributed by atoms with Crippen molar-refractivity contribution in [1.82, 2.24) is 9.55 Å². The van der Waals surface area contributed by atoms with Gasteiger partial charge >= 0.3 is 5.69 Å². The molecule has 1 aromatic heterocycles. The summed E-state index contributed by atoms with van der Waals surface area (Å²) in [6, 6.07) is 0.205. The van der Waals surface area contributed by atoms with Crippen LogP contribution in [-0.2, 0) is 6.54 Å². The van der Waals surface area contributed by atoms with Crippen LogP contribution in [-0.4, -0.2) is 21.1 Å². The third-order valence-corrected chi connectivity index (χ3v) is 3.89. The number of rotatable bonds is 2. The number of thioether (sulfide) groups is 1. The van der Waals surface area contributed by atoms with Crippen molar-refractivity contribution in [1.29, 1.82) is 0 Å². The molecule has 0 aromatic carbocycles. The van der Waals surface area contributed by atoms with Crippen molar-refractivity contribution in [3.63, 3.8) is 0 Å². The predicted octanol–water partition coefficient (Wildman–Crippen LogP) is 0.0634. The van der Waals surface area contributed by atoms with E-state index >= 15 is 0 Å². The number of aromatic nitrogens is 2. The fourth-order valence-electron chi connectivity index (χ4n) is 1.91. The molecule has 1 fully saturated rings. The maximum atomic E-state index is 11.7. The van der Waals surface area contributed by atoms with Gasteiger partial charge in [-0.15, -0.1) is 0 Å². The van der Waals surface area contributed by atoms with Crippen LogP contribution in [0.4, 0.5) is 0 Å². The Labute approximate surface area is 97.1 Å². The Morgan fingerprint density at radius 3 is 2.75 bits per heavy atom. The molecule has 1 aliphatic rings. The van der Waals surface area contributed by atoms with E-state index in [9.17, 15) is 9.59 Å². The van der Waals surface area contributed by atoms with E-state index < -0.39 is 0 Å². The second kappa shape index (κ2) is 4.88. The summed E-state index contributed by atoms with van der Waals surface area (Å²) < 4.78 is 1.63. The minimum Gasteiger partial charge on any atom is -0.326 e. The fraction of sp³-hybridized carbons (Fsp3) is 0.600. The van der Waals surface area contributed by atoms with E-state index in [0.717, 1.165) is 24.3 Å². The maximum absolute atomic E-state index is 11.7. The molecule has 2 rings (SSSR count). The van der Waals surface area contributed by atoms with E-state index in [1.807, 2.05) is 11.8 Å². The Bertz CT molecular complexity index is 474. The summed E-state index contributed by atoms with van der Waals surface area (Å²) in [5.74, 6) is 2.13. The van der Waals surface area contributed by atoms with Crippen LogP contribution < -0.4 is 17.0 Å². The van der Waals surface area contributed by atoms with Gasteiger partial charge in [0.15, 0.2) is 0 Å². The average molecular weight is 241 g/mol. The van der Waals surface area contributed by atoms with Crippen LogP contribution in [0.3, 0.4) is 0 Å². The van der Waals surface area contributed by atoms with Gasteiger partial charge in [0.25, 0.3) is 5.56 Å². The van der Waals surface area contributed by atoms with Gasteiger partial charge < -0.3 is 5.73 Å². The van der Waals surface area contributed by atoms with Crippen molar-refractivity contribution in [3.8, 4) is 0 Å². The zero-order valence-electron chi connectivity index (χ0n) is 8.94. The van der Waals surface area contributed by atoms with E-state index in [2.05, 4.69) is 4.98 Å². The topological polar surface area (TPSA) is 80.9 Å². The first-order valence-electron chi connectivity index (χ1n) is 5.34. The van der Waals surface area contributed by atoms with Gasteiger partial charge in [0.1, 0.15) is 0 Å². The van der Waals surface area contributed by atoms with Crippen molar-refractivity contribution in [2.24, 2.45) is 5.73 Å². The molecule has 0 unspecified atom stereocenters. The SMILES string of the molecule is NCc1cn(C2CCSCC2)c(=O)[nH]c1=O. The lowest BCUT2D eigenvalue weighted by molar-refractivity contribution is 0.445. The second-order valence-corrected chi connectivity index (χ2v) is 5.09. The Morgan fingerprint density at radius 1 is 1.44 bits per heavy atom. The molecule has 1 saturated heterocycles. The summed E-state index contributed by atoms with van der Waals surface area (Å²) in [6.45, 7) is 0.164. The molecule has 1 aliphatic heterocycles. The van der Waals surface area contributed by atoms with Crippen molar-refractivity contribution >= 4 is 11.8 Å². The van der Waals surface area contributed by atoms with Gasteiger partial charge in [-0.05, 0) is 24.3 Å². The molecule has 0 bridgehead atoms. The van der Waals surface area contributed by atoms with Crippen LogP contribution in [0.15, 0.2) is 15.8 Å². The van der Waals surface area contributed by atoms with Gasteiger partial charge in [0, 0.05) is 24.3 Å². The zero-order chi connectivity index (χ0) is 11.5. The van der Waals surface area contributed by atoms with Gasteiger partial charge in [-0.1, -0.05) is 0 Å². The highest BCUT2D eigenvalue weighted by molar-refractivity contribution is 7.99. The van der Waals surface area contributed by atoms with Crippen LogP contribution in [0.1, 0.15) is 24.4 Å². The lowest BCUT2D eigenvalue weighted by atomic mass is 10.1. The lowest BCUT2D eigenvalue weighted by Crippen LogP contribution is -2.35. The molecular weight excluding hydrogens is 226 g/mol. The molecule has 0 amide bonds. The molecular formula is C10H15N3O2S. The molecule has 2 heterocycles. The molecule has 88 valence electrons. The van der Waals surface area contributed by atoms with Crippen molar-refractivity contribution in [2.45, 2.75) is 25.4 Å². The molecule has 0 radical (unpaired) electrons. The van der Waals surface area contributed by atoms with Gasteiger partial charge in [0.05, 0.1) is 0 Å². The predicted molar refractivity (Wildman–Crippen MR) is 64.8 cm³/mol. The number of H-pyrrole nitrogens is 1. The first-order chi connectivity index (χ1) is 7.72. The minimum atomic E-state index is -0.367. The molecule has 0 spiro atoms. The van der Waals surface area contributed by atoms with Crippen LogP contribution in [0.5, 0.6) is 0 Å². The molecule has 6 heteroatoms. The number of hydrogen-bond donors (Lipinski definition) is 2. The Balaban J connectivity index is 2.39. The standard InChI is InChI=1S/C10H15N3O2S/c11-5-7-6-13(10(15)12-9(7)14)8-1-3-16-4-2-8/h6,8H,1-5,11H2,(H,12,14,15). The Hall–Kier alpha value is -1.01. The van der Waals surface area contributed by atoms with Crippen molar-refractivity contribution < 1.29 is 0 Å². The van der Waals surface area contributed by atoms with Crippen LogP contribution in [0.25, 0.3) is 0 Å². The number of nitrogens with one attached hydrogen (secondary N) is 1. The summed E-state index contributed by atoms with van der Waals surface area (Å²) in [7, 11) is 0. The molecule has 0 atom stereocenters. The Morgan fingerprint density at radius 2 is 2.12 bits per heavy atom. The highest BCUT2D eigenvalue weighted by atomic mass is 32.2. The Kier molecular flexibility index (Phi) is 3.50. The van der Waals surface area contributed by atoms with E-state index in [-0.39, 0.29) is 23.8 Å². The second-order valence-electron chi connectivity index (χ2n) is 3.87. The van der Waals surface area contributed by atoms with Crippen molar-refractivity contribution in [3.05, 3.63) is 32.6 Å². The van der Waals surface area contributed by atoms with Crippen molar-refractivity contribution in [2.75, 3.05) is 11.5 Å². The lowest BCUT2D eigenvalue weighted by Gasteiger charge is -2.23. The summed E-state index contributed by atoms with van der Waals surface area (Å²) in [6.07, 6.45) is 3.56. The smallest absolute Gasteiger partial charge is 0.326 e. The van der Waals surface area contributed by atoms with Crippen LogP contribution in [0, 0.1) is 0 Å². The average Bonchev–Trinajstić information content (AvgIpc) is 2.30. The van der Waals surface area contributed by atoms with Gasteiger partial charge in [-0.3, -0.25) is 14.3 Å². The fourth-order valence-corrected chi connectivity index (χ4v) is 2.99. The summed E-state index contributed by atoms with van der Waals surface area (Å²) in [5, 5.41) is 0. The van der Waals surface area contributed by atoms with Crippen LogP contribution >= 0.6 is 11.8 Å². The van der Waals surface area contributed by atoms with Gasteiger partial charge in [-0.25, -0.2) is 4.79 Å². The molecule has 0 aliphatic carbocycles. The van der Waals surface area contributed by atoms with E-state index in [1.54, 1.807) is 10.8 Å². The first-order valence-corrected chi connectivity index (χ1v) is 6.50. The van der Waals surface area contributed by atoms with Gasteiger partial charge in [0.2, 0.25) is 0 Å². The third kappa shape index (κ3) is 2.22. The quantitative estimate of drug-likeness (QED) is 0.767. The maximum Gasteiger partial charge on any atom is 0.328 e. The van der Waals surface area contributed by atoms with Crippen LogP contribution in [0.2, 0.25) is 0 Å². The summed E-state index contributed by atoms with van der Waals surface area (Å²) >= 11 is 1.90. The normalized spacial score (nSPS) is 17.6. The minimum absolute atomic E-state index is 0.164. The highest BCUT2D eigenvalue weighted by Gasteiger charge is 2.17. The molecule has 3 N–H and O–H groups in total. The monoisotopic (exact) mass is 241 g/mol. The largest absolute Gasteiger partial charge is 0.328 e. The number of hydrogen-bond acceptors (Lipinski definition) is 4. The number of aromatic amines is 1. The number of nitrogens with zero attached hydrogens (tertiary/aromatic N) is 1. The highest BCUT2D eigenvalue weighted by Crippen LogP contribution is 2.25. The summed E-state index contributed by atoms with van der Waals surface area (Å²) in [5.41, 5.74) is 5.24. The zero-order valence-corrected chi connectivity index (χ0v) is 9.76. The van der Waals surface area contributed by atoms with Gasteiger partial charge in [-0.2, -0.15) is 11.8 Å². The first kappa shape index (κ1) is 11.5. The van der Waals surface area contributed by atoms with E-state index in [4.69, 9.17) is 5.73 Å². The van der Waals surface area contributed by atoms with E-state index in [0.29, 0.717) is 5.56 Å². The molecule has 5 nitrogen and oxygen atoms in total. The molecule has 1 aromatic rings. The molecule has 16 heavy (non-hydrogen) atoms. The number of nitrogens with two attached hydrogens (primary N) is 1. The third-order valence-electron chi connectivity index (χ3n) is 2.85. The molecule has 0 saturated carbocycles. The van der Waals surface area contributed by atoms with E-state index in [1.165, 1.54) is 0 Å².